The summed E-state index contributed by atoms with van der Waals surface area (Å²) in [5.74, 6) is 0.168. The van der Waals surface area contributed by atoms with E-state index >= 15 is 0 Å². The summed E-state index contributed by atoms with van der Waals surface area (Å²) < 4.78 is 34.3. The second-order valence-corrected chi connectivity index (χ2v) is 14.1. The van der Waals surface area contributed by atoms with E-state index in [1.54, 1.807) is 42.5 Å². The third-order valence-corrected chi connectivity index (χ3v) is 10.4. The first-order chi connectivity index (χ1) is 22.1. The van der Waals surface area contributed by atoms with Crippen molar-refractivity contribution in [2.45, 2.75) is 41.6 Å². The molecule has 0 aliphatic carbocycles. The third-order valence-electron chi connectivity index (χ3n) is 7.99. The second kappa shape index (κ2) is 13.6. The largest absolute Gasteiger partial charge is 0.489 e. The number of ether oxygens (including phenoxy) is 1. The molecule has 6 rings (SSSR count). The molecule has 2 saturated heterocycles. The molecular formula is C31H34N6O7S2. The average molecular weight is 667 g/mol. The number of hydrogen-bond acceptors (Lipinski definition) is 10. The molecule has 13 nitrogen and oxygen atoms in total. The quantitative estimate of drug-likeness (QED) is 0.131. The number of carbonyl (C=O) groups excluding carboxylic acids is 2. The number of aliphatic hydroxyl groups excluding tert-OH is 1. The minimum atomic E-state index is -3.82. The number of aromatic amines is 2. The molecule has 2 aliphatic heterocycles. The number of carbonyl (C=O) groups is 2. The number of H-pyrrole nitrogens is 2. The Labute approximate surface area is 269 Å². The first kappa shape index (κ1) is 31.7. The van der Waals surface area contributed by atoms with Gasteiger partial charge in [0.25, 0.3) is 15.3 Å². The van der Waals surface area contributed by atoms with Gasteiger partial charge in [0, 0.05) is 37.1 Å². The lowest BCUT2D eigenvalue weighted by Gasteiger charge is -2.34. The lowest BCUT2D eigenvalue weighted by Crippen LogP contribution is -2.45. The number of para-hydroxylation sites is 1. The van der Waals surface area contributed by atoms with Gasteiger partial charge < -0.3 is 30.0 Å². The Morgan fingerprint density at radius 1 is 0.978 bits per heavy atom. The zero-order valence-electron chi connectivity index (χ0n) is 24.7. The summed E-state index contributed by atoms with van der Waals surface area (Å²) in [6.45, 7) is 2.07. The van der Waals surface area contributed by atoms with Crippen LogP contribution in [-0.4, -0.2) is 78.3 Å². The van der Waals surface area contributed by atoms with Gasteiger partial charge in [-0.25, -0.2) is 13.2 Å². The number of nitrogens with zero attached hydrogens (tertiary/aromatic N) is 1. The van der Waals surface area contributed by atoms with Crippen LogP contribution in [0.4, 0.5) is 16.2 Å². The van der Waals surface area contributed by atoms with Crippen molar-refractivity contribution in [1.29, 1.82) is 0 Å². The van der Waals surface area contributed by atoms with Gasteiger partial charge in [0.15, 0.2) is 0 Å². The Morgan fingerprint density at radius 3 is 2.41 bits per heavy atom. The number of aromatic nitrogens is 2. The number of benzene rings is 3. The number of hydrogen-bond donors (Lipinski definition) is 6. The molecule has 1 aromatic heterocycles. The number of amides is 2. The maximum absolute atomic E-state index is 13.0. The number of aliphatic hydroxyl groups is 1. The van der Waals surface area contributed by atoms with Crippen LogP contribution < -0.4 is 30.7 Å². The van der Waals surface area contributed by atoms with Crippen LogP contribution in [0.25, 0.3) is 11.0 Å². The highest BCUT2D eigenvalue weighted by atomic mass is 32.2. The van der Waals surface area contributed by atoms with Crippen LogP contribution in [0.1, 0.15) is 18.4 Å². The molecule has 0 saturated carbocycles. The maximum Gasteiger partial charge on any atom is 0.323 e. The van der Waals surface area contributed by atoms with Gasteiger partial charge >= 0.3 is 5.69 Å². The number of nitrogens with one attached hydrogen (secondary N) is 5. The predicted octanol–water partition coefficient (Wildman–Crippen LogP) is 2.55. The van der Waals surface area contributed by atoms with Crippen LogP contribution in [0.5, 0.6) is 5.75 Å². The molecule has 3 aromatic carbocycles. The van der Waals surface area contributed by atoms with E-state index in [-0.39, 0.29) is 34.4 Å². The molecular weight excluding hydrogens is 633 g/mol. The lowest BCUT2D eigenvalue weighted by molar-refractivity contribution is -0.118. The van der Waals surface area contributed by atoms with Gasteiger partial charge in [-0.1, -0.05) is 30.0 Å². The molecule has 2 amide bonds. The van der Waals surface area contributed by atoms with Crippen molar-refractivity contribution in [3.63, 3.8) is 0 Å². The van der Waals surface area contributed by atoms with Crippen molar-refractivity contribution < 1.29 is 27.9 Å². The Bertz CT molecular complexity index is 1870. The van der Waals surface area contributed by atoms with E-state index in [4.69, 9.17) is 4.74 Å². The Morgan fingerprint density at radius 2 is 1.72 bits per heavy atom. The van der Waals surface area contributed by atoms with Crippen molar-refractivity contribution in [3.05, 3.63) is 82.8 Å². The first-order valence-electron chi connectivity index (χ1n) is 14.9. The molecule has 2 aliphatic rings. The van der Waals surface area contributed by atoms with E-state index in [9.17, 15) is 27.9 Å². The molecule has 3 heterocycles. The summed E-state index contributed by atoms with van der Waals surface area (Å²) in [5.41, 5.74) is 3.10. The van der Waals surface area contributed by atoms with Crippen LogP contribution in [0.15, 0.2) is 76.4 Å². The fourth-order valence-corrected chi connectivity index (χ4v) is 7.46. The highest BCUT2D eigenvalue weighted by Crippen LogP contribution is 2.26. The topological polar surface area (TPSA) is 186 Å². The number of piperidine rings is 1. The zero-order chi connectivity index (χ0) is 32.3. The van der Waals surface area contributed by atoms with Gasteiger partial charge in [-0.15, -0.1) is 0 Å². The Kier molecular flexibility index (Phi) is 9.35. The van der Waals surface area contributed by atoms with Gasteiger partial charge in [-0.2, -0.15) is 0 Å². The number of thioether (sulfide) groups is 1. The van der Waals surface area contributed by atoms with Crippen molar-refractivity contribution in [3.8, 4) is 5.75 Å². The van der Waals surface area contributed by atoms with Crippen LogP contribution in [0.2, 0.25) is 0 Å². The van der Waals surface area contributed by atoms with Gasteiger partial charge in [0.1, 0.15) is 24.0 Å². The summed E-state index contributed by atoms with van der Waals surface area (Å²) in [7, 11) is -3.82. The smallest absolute Gasteiger partial charge is 0.323 e. The van der Waals surface area contributed by atoms with Gasteiger partial charge in [0.2, 0.25) is 5.91 Å². The Balaban J connectivity index is 0.940. The molecule has 242 valence electrons. The predicted molar refractivity (Wildman–Crippen MR) is 176 cm³/mol. The minimum absolute atomic E-state index is 0.0858. The first-order valence-corrected chi connectivity index (χ1v) is 17.2. The van der Waals surface area contributed by atoms with E-state index in [1.165, 1.54) is 12.1 Å². The van der Waals surface area contributed by atoms with Crippen molar-refractivity contribution in [2.75, 3.05) is 35.9 Å². The van der Waals surface area contributed by atoms with Crippen molar-refractivity contribution >= 4 is 55.3 Å². The number of sulfonamides is 1. The molecule has 2 atom stereocenters. The molecule has 2 fully saturated rings. The van der Waals surface area contributed by atoms with E-state index in [2.05, 4.69) is 30.2 Å². The average Bonchev–Trinajstić information content (AvgIpc) is 3.59. The molecule has 0 bridgehead atoms. The monoisotopic (exact) mass is 666 g/mol. The van der Waals surface area contributed by atoms with E-state index in [0.717, 1.165) is 48.9 Å². The van der Waals surface area contributed by atoms with Gasteiger partial charge in [0.05, 0.1) is 15.7 Å². The number of rotatable bonds is 12. The van der Waals surface area contributed by atoms with Crippen molar-refractivity contribution in [1.82, 2.24) is 20.6 Å². The minimum Gasteiger partial charge on any atom is -0.489 e. The number of anilines is 2. The van der Waals surface area contributed by atoms with Crippen LogP contribution >= 0.6 is 11.8 Å². The second-order valence-electron chi connectivity index (χ2n) is 11.3. The van der Waals surface area contributed by atoms with E-state index in [1.807, 2.05) is 12.1 Å². The highest BCUT2D eigenvalue weighted by molar-refractivity contribution is 8.15. The fourth-order valence-electron chi connectivity index (χ4n) is 5.54. The van der Waals surface area contributed by atoms with Gasteiger partial charge in [-0.05, 0) is 73.4 Å². The summed E-state index contributed by atoms with van der Waals surface area (Å²) in [6.07, 6.45) is 1.36. The molecule has 0 radical (unpaired) electrons. The third kappa shape index (κ3) is 7.55. The SMILES string of the molecule is O=C1NC(=O)C(Cc2ccc(S(=O)(=O)Nc3ccc(N4CCC(NC[C@H](O)COc5cccc6[nH]c(=O)[nH]c56)CC4)cc3)cc2)S1. The molecule has 6 N–H and O–H groups in total. The van der Waals surface area contributed by atoms with E-state index < -0.39 is 21.4 Å². The van der Waals surface area contributed by atoms with Crippen LogP contribution in [-0.2, 0) is 21.2 Å². The van der Waals surface area contributed by atoms with Gasteiger partial charge in [-0.3, -0.25) is 19.6 Å². The number of imidazole rings is 1. The summed E-state index contributed by atoms with van der Waals surface area (Å²) in [6, 6.07) is 19.1. The summed E-state index contributed by atoms with van der Waals surface area (Å²) in [5, 5.41) is 15.2. The Hall–Kier alpha value is -4.31. The fraction of sp³-hybridized carbons (Fsp3) is 0.323. The number of fused-ring (bicyclic) bond motifs is 1. The molecule has 4 aromatic rings. The molecule has 1 unspecified atom stereocenters. The standard InChI is InChI=1S/C31H34N6O7S2/c38-23(18-44-26-3-1-2-25-28(26)34-30(40)33-25)17-32-20-12-14-37(15-13-20)22-8-6-21(7-9-22)36-46(42,43)24-10-4-19(5-11-24)16-27-29(39)35-31(41)45-27/h1-11,20,23,27,32,36,38H,12-18H2,(H2,33,34,40)(H,35,39,41)/t23-,27?/m0/s1. The summed E-state index contributed by atoms with van der Waals surface area (Å²) in [4.78, 5) is 42.5. The lowest BCUT2D eigenvalue weighted by atomic mass is 10.0. The molecule has 46 heavy (non-hydrogen) atoms. The molecule has 15 heteroatoms. The number of imide groups is 1. The molecule has 0 spiro atoms. The van der Waals surface area contributed by atoms with E-state index in [0.29, 0.717) is 35.4 Å². The maximum atomic E-state index is 13.0. The van der Waals surface area contributed by atoms with Crippen LogP contribution in [0.3, 0.4) is 0 Å². The van der Waals surface area contributed by atoms with Crippen LogP contribution in [0, 0.1) is 0 Å². The zero-order valence-corrected chi connectivity index (χ0v) is 26.3. The highest BCUT2D eigenvalue weighted by Gasteiger charge is 2.31. The summed E-state index contributed by atoms with van der Waals surface area (Å²) >= 11 is 0.937. The van der Waals surface area contributed by atoms with Crippen molar-refractivity contribution in [2.24, 2.45) is 0 Å². The normalized spacial score (nSPS) is 18.1.